The molecule has 4 N–H and O–H groups in total. The topological polar surface area (TPSA) is 61.3 Å². The van der Waals surface area contributed by atoms with Crippen LogP contribution in [0.25, 0.3) is 0 Å². The van der Waals surface area contributed by atoms with E-state index in [1.165, 1.54) is 16.7 Å². The van der Waals surface area contributed by atoms with Crippen molar-refractivity contribution in [1.82, 2.24) is 0 Å². The van der Waals surface area contributed by atoms with Crippen LogP contribution in [0.1, 0.15) is 16.7 Å². The summed E-state index contributed by atoms with van der Waals surface area (Å²) in [5.41, 5.74) is 15.2. The molecule has 0 saturated carbocycles. The van der Waals surface area contributed by atoms with Gasteiger partial charge in [-0.2, -0.15) is 0 Å². The van der Waals surface area contributed by atoms with E-state index in [0.29, 0.717) is 19.0 Å². The average Bonchev–Trinajstić information content (AvgIpc) is 2.28. The number of nitrogens with two attached hydrogens (primary N) is 2. The Hall–Kier alpha value is -1.06. The third-order valence-corrected chi connectivity index (χ3v) is 3.06. The second kappa shape index (κ2) is 5.87. The Morgan fingerprint density at radius 2 is 1.62 bits per heavy atom. The van der Waals surface area contributed by atoms with Crippen molar-refractivity contribution in [3.63, 3.8) is 0 Å². The van der Waals surface area contributed by atoms with E-state index < -0.39 is 0 Å². The van der Waals surface area contributed by atoms with E-state index in [-0.39, 0.29) is 0 Å². The number of ether oxygens (including phenoxy) is 1. The van der Waals surface area contributed by atoms with Crippen molar-refractivity contribution < 1.29 is 4.74 Å². The van der Waals surface area contributed by atoms with Gasteiger partial charge in [-0.3, -0.25) is 0 Å². The van der Waals surface area contributed by atoms with E-state index in [1.807, 2.05) is 0 Å². The van der Waals surface area contributed by atoms with Gasteiger partial charge in [0.05, 0.1) is 7.11 Å². The van der Waals surface area contributed by atoms with Crippen molar-refractivity contribution in [2.75, 3.05) is 20.2 Å². The fraction of sp³-hybridized carbons (Fsp3) is 0.538. The maximum Gasteiger partial charge on any atom is 0.119 e. The molecular weight excluding hydrogens is 200 g/mol. The smallest absolute Gasteiger partial charge is 0.119 e. The highest BCUT2D eigenvalue weighted by Gasteiger charge is 2.11. The number of benzene rings is 1. The number of rotatable bonds is 5. The number of hydrogen-bond donors (Lipinski definition) is 2. The van der Waals surface area contributed by atoms with Gasteiger partial charge in [-0.25, -0.2) is 0 Å². The van der Waals surface area contributed by atoms with Crippen LogP contribution in [0.15, 0.2) is 12.1 Å². The molecule has 0 fully saturated rings. The molecule has 1 aromatic rings. The summed E-state index contributed by atoms with van der Waals surface area (Å²) >= 11 is 0. The summed E-state index contributed by atoms with van der Waals surface area (Å²) in [7, 11) is 1.69. The van der Waals surface area contributed by atoms with E-state index in [0.717, 1.165) is 12.2 Å². The van der Waals surface area contributed by atoms with Crippen LogP contribution in [-0.2, 0) is 6.42 Å². The van der Waals surface area contributed by atoms with Crippen LogP contribution in [-0.4, -0.2) is 20.2 Å². The Kier molecular flexibility index (Phi) is 4.77. The summed E-state index contributed by atoms with van der Waals surface area (Å²) in [6, 6.07) is 4.12. The first kappa shape index (κ1) is 13.0. The lowest BCUT2D eigenvalue weighted by atomic mass is 9.92. The van der Waals surface area contributed by atoms with Crippen LogP contribution in [0.3, 0.4) is 0 Å². The maximum atomic E-state index is 5.68. The molecule has 0 unspecified atom stereocenters. The van der Waals surface area contributed by atoms with Crippen LogP contribution in [0.2, 0.25) is 0 Å². The van der Waals surface area contributed by atoms with Gasteiger partial charge < -0.3 is 16.2 Å². The lowest BCUT2D eigenvalue weighted by molar-refractivity contribution is 0.413. The first-order valence-electron chi connectivity index (χ1n) is 5.66. The summed E-state index contributed by atoms with van der Waals surface area (Å²) in [5.74, 6) is 1.28. The van der Waals surface area contributed by atoms with Crippen LogP contribution in [0.4, 0.5) is 0 Å². The van der Waals surface area contributed by atoms with Gasteiger partial charge in [-0.15, -0.1) is 0 Å². The summed E-state index contributed by atoms with van der Waals surface area (Å²) < 4.78 is 5.24. The Balaban J connectivity index is 2.95. The molecule has 16 heavy (non-hydrogen) atoms. The molecular formula is C13H22N2O. The van der Waals surface area contributed by atoms with E-state index in [2.05, 4.69) is 26.0 Å². The molecule has 0 radical (unpaired) electrons. The highest BCUT2D eigenvalue weighted by atomic mass is 16.5. The highest BCUT2D eigenvalue weighted by molar-refractivity contribution is 5.41. The molecule has 0 aliphatic carbocycles. The fourth-order valence-electron chi connectivity index (χ4n) is 1.95. The minimum Gasteiger partial charge on any atom is -0.497 e. The minimum absolute atomic E-state index is 0.366. The molecule has 3 nitrogen and oxygen atoms in total. The third kappa shape index (κ3) is 2.97. The molecule has 0 saturated heterocycles. The van der Waals surface area contributed by atoms with Crippen LogP contribution in [0.5, 0.6) is 5.75 Å². The molecule has 0 atom stereocenters. The molecule has 0 heterocycles. The van der Waals surface area contributed by atoms with Gasteiger partial charge >= 0.3 is 0 Å². The van der Waals surface area contributed by atoms with Crippen molar-refractivity contribution in [3.05, 3.63) is 28.8 Å². The molecule has 3 heteroatoms. The Morgan fingerprint density at radius 1 is 1.12 bits per heavy atom. The number of hydrogen-bond acceptors (Lipinski definition) is 3. The summed E-state index contributed by atoms with van der Waals surface area (Å²) in [5, 5.41) is 0. The van der Waals surface area contributed by atoms with Crippen molar-refractivity contribution >= 4 is 0 Å². The van der Waals surface area contributed by atoms with Crippen molar-refractivity contribution in [2.45, 2.75) is 20.3 Å². The molecule has 0 aliphatic heterocycles. The zero-order valence-corrected chi connectivity index (χ0v) is 10.4. The Morgan fingerprint density at radius 3 is 2.00 bits per heavy atom. The van der Waals surface area contributed by atoms with Gasteiger partial charge in [0.1, 0.15) is 5.75 Å². The number of aryl methyl sites for hydroxylation is 2. The van der Waals surface area contributed by atoms with Crippen LogP contribution in [0, 0.1) is 19.8 Å². The first-order chi connectivity index (χ1) is 7.62. The van der Waals surface area contributed by atoms with E-state index >= 15 is 0 Å². The second-order valence-electron chi connectivity index (χ2n) is 4.28. The van der Waals surface area contributed by atoms with Crippen molar-refractivity contribution in [3.8, 4) is 5.75 Å². The molecule has 0 bridgehead atoms. The SMILES string of the molecule is COc1cc(C)c(CC(CN)CN)c(C)c1. The third-order valence-electron chi connectivity index (χ3n) is 3.06. The quantitative estimate of drug-likeness (QED) is 0.791. The van der Waals surface area contributed by atoms with Crippen LogP contribution >= 0.6 is 0 Å². The fourth-order valence-corrected chi connectivity index (χ4v) is 1.95. The lowest BCUT2D eigenvalue weighted by Gasteiger charge is -2.17. The van der Waals surface area contributed by atoms with Gasteiger partial charge in [0.25, 0.3) is 0 Å². The van der Waals surface area contributed by atoms with Gasteiger partial charge in [-0.1, -0.05) is 0 Å². The van der Waals surface area contributed by atoms with Gasteiger partial charge in [0.15, 0.2) is 0 Å². The molecule has 0 amide bonds. The zero-order valence-electron chi connectivity index (χ0n) is 10.4. The minimum atomic E-state index is 0.366. The standard InChI is InChI=1S/C13H22N2O/c1-9-4-12(16-3)5-10(2)13(9)6-11(7-14)8-15/h4-5,11H,6-8,14-15H2,1-3H3. The Labute approximate surface area is 97.8 Å². The molecule has 1 rings (SSSR count). The largest absolute Gasteiger partial charge is 0.497 e. The molecule has 90 valence electrons. The van der Waals surface area contributed by atoms with Gasteiger partial charge in [-0.05, 0) is 68.1 Å². The normalized spacial score (nSPS) is 10.9. The monoisotopic (exact) mass is 222 g/mol. The van der Waals surface area contributed by atoms with E-state index in [9.17, 15) is 0 Å². The summed E-state index contributed by atoms with van der Waals surface area (Å²) in [4.78, 5) is 0. The average molecular weight is 222 g/mol. The predicted octanol–water partition coefficient (Wildman–Crippen LogP) is 1.39. The van der Waals surface area contributed by atoms with E-state index in [1.54, 1.807) is 7.11 Å². The van der Waals surface area contributed by atoms with Crippen LogP contribution < -0.4 is 16.2 Å². The first-order valence-corrected chi connectivity index (χ1v) is 5.66. The number of methoxy groups -OCH3 is 1. The second-order valence-corrected chi connectivity index (χ2v) is 4.28. The van der Waals surface area contributed by atoms with Crippen molar-refractivity contribution in [1.29, 1.82) is 0 Å². The van der Waals surface area contributed by atoms with Gasteiger partial charge in [0, 0.05) is 0 Å². The van der Waals surface area contributed by atoms with E-state index in [4.69, 9.17) is 16.2 Å². The molecule has 0 aromatic heterocycles. The molecule has 1 aromatic carbocycles. The Bertz CT molecular complexity index is 323. The molecule has 0 spiro atoms. The lowest BCUT2D eigenvalue weighted by Crippen LogP contribution is -2.25. The zero-order chi connectivity index (χ0) is 12.1. The van der Waals surface area contributed by atoms with Crippen molar-refractivity contribution in [2.24, 2.45) is 17.4 Å². The predicted molar refractivity (Wildman–Crippen MR) is 67.8 cm³/mol. The molecule has 0 aliphatic rings. The maximum absolute atomic E-state index is 5.68. The summed E-state index contributed by atoms with van der Waals surface area (Å²) in [6.07, 6.45) is 0.953. The summed E-state index contributed by atoms with van der Waals surface area (Å²) in [6.45, 7) is 5.49. The highest BCUT2D eigenvalue weighted by Crippen LogP contribution is 2.23. The van der Waals surface area contributed by atoms with Gasteiger partial charge in [0.2, 0.25) is 0 Å².